The first-order chi connectivity index (χ1) is 4.77. The number of aliphatic imine (C=N–C) groups is 1. The van der Waals surface area contributed by atoms with Crippen molar-refractivity contribution in [3.05, 3.63) is 12.3 Å². The second kappa shape index (κ2) is 11.2. The zero-order valence-corrected chi connectivity index (χ0v) is 7.76. The number of allylic oxidation sites excluding steroid dienone is 1. The van der Waals surface area contributed by atoms with E-state index in [1.807, 2.05) is 33.1 Å². The first kappa shape index (κ1) is 12.1. The molecule has 0 aromatic rings. The predicted molar refractivity (Wildman–Crippen MR) is 49.5 cm³/mol. The lowest BCUT2D eigenvalue weighted by Crippen LogP contribution is -1.84. The zero-order chi connectivity index (χ0) is 8.41. The van der Waals surface area contributed by atoms with Gasteiger partial charge >= 0.3 is 0 Å². The van der Waals surface area contributed by atoms with Crippen LogP contribution in [0.15, 0.2) is 17.3 Å². The van der Waals surface area contributed by atoms with Crippen LogP contribution >= 0.6 is 0 Å². The third-order valence-electron chi connectivity index (χ3n) is 0.619. The topological polar surface area (TPSA) is 12.4 Å². The molecular weight excluding hydrogens is 122 g/mol. The molecule has 1 heteroatoms. The van der Waals surface area contributed by atoms with E-state index >= 15 is 0 Å². The van der Waals surface area contributed by atoms with Gasteiger partial charge in [0.25, 0.3) is 0 Å². The Labute approximate surface area is 64.9 Å². The van der Waals surface area contributed by atoms with Gasteiger partial charge in [0.05, 0.1) is 0 Å². The Morgan fingerprint density at radius 2 is 1.70 bits per heavy atom. The molecule has 0 spiro atoms. The molecule has 0 fully saturated rings. The van der Waals surface area contributed by atoms with Crippen LogP contribution in [0.5, 0.6) is 0 Å². The van der Waals surface area contributed by atoms with Crippen molar-refractivity contribution in [2.75, 3.05) is 0 Å². The summed E-state index contributed by atoms with van der Waals surface area (Å²) in [5.41, 5.74) is 0. The van der Waals surface area contributed by atoms with Gasteiger partial charge in [-0.05, 0) is 12.8 Å². The largest absolute Gasteiger partial charge is 0.269 e. The number of nitrogens with zero attached hydrogens (tertiary/aromatic N) is 1. The van der Waals surface area contributed by atoms with E-state index in [1.54, 1.807) is 6.20 Å². The molecule has 0 saturated carbocycles. The zero-order valence-electron chi connectivity index (χ0n) is 7.76. The standard InChI is InChI=1S/C7H13N.C2H6/c1-4-5-8-6-7(2)3;1-2/h4-7H,1-3H3;1-2H3/b5-4-,8-6?;. The third-order valence-corrected chi connectivity index (χ3v) is 0.619. The van der Waals surface area contributed by atoms with Crippen molar-refractivity contribution < 1.29 is 0 Å². The van der Waals surface area contributed by atoms with Crippen LogP contribution in [0.4, 0.5) is 0 Å². The van der Waals surface area contributed by atoms with Gasteiger partial charge in [0.15, 0.2) is 0 Å². The minimum Gasteiger partial charge on any atom is -0.269 e. The Morgan fingerprint density at radius 1 is 1.20 bits per heavy atom. The van der Waals surface area contributed by atoms with Crippen molar-refractivity contribution >= 4 is 6.21 Å². The average Bonchev–Trinajstić information content (AvgIpc) is 1.92. The van der Waals surface area contributed by atoms with E-state index in [1.165, 1.54) is 0 Å². The van der Waals surface area contributed by atoms with Crippen molar-refractivity contribution in [3.63, 3.8) is 0 Å². The highest BCUT2D eigenvalue weighted by Crippen LogP contribution is 1.84. The van der Waals surface area contributed by atoms with Gasteiger partial charge in [-0.1, -0.05) is 33.8 Å². The summed E-state index contributed by atoms with van der Waals surface area (Å²) in [4.78, 5) is 3.98. The second-order valence-corrected chi connectivity index (χ2v) is 2.02. The number of rotatable bonds is 2. The molecule has 0 aliphatic rings. The van der Waals surface area contributed by atoms with E-state index in [-0.39, 0.29) is 0 Å². The first-order valence-corrected chi connectivity index (χ1v) is 3.92. The van der Waals surface area contributed by atoms with Gasteiger partial charge in [-0.2, -0.15) is 0 Å². The molecule has 60 valence electrons. The Balaban J connectivity index is 0. The maximum atomic E-state index is 3.98. The minimum absolute atomic E-state index is 0.561. The van der Waals surface area contributed by atoms with Crippen molar-refractivity contribution in [2.24, 2.45) is 10.9 Å². The molecule has 0 heterocycles. The molecule has 0 aliphatic heterocycles. The molecule has 0 atom stereocenters. The monoisotopic (exact) mass is 141 g/mol. The average molecular weight is 141 g/mol. The summed E-state index contributed by atoms with van der Waals surface area (Å²) in [6.45, 7) is 10.2. The lowest BCUT2D eigenvalue weighted by Gasteiger charge is -1.87. The Hall–Kier alpha value is -0.590. The predicted octanol–water partition coefficient (Wildman–Crippen LogP) is 3.27. The van der Waals surface area contributed by atoms with Crippen molar-refractivity contribution in [1.29, 1.82) is 0 Å². The normalized spacial score (nSPS) is 10.6. The van der Waals surface area contributed by atoms with Gasteiger partial charge in [0.1, 0.15) is 0 Å². The lowest BCUT2D eigenvalue weighted by molar-refractivity contribution is 0.907. The molecule has 0 aromatic carbocycles. The molecule has 1 nitrogen and oxygen atoms in total. The van der Waals surface area contributed by atoms with Crippen LogP contribution in [-0.2, 0) is 0 Å². The van der Waals surface area contributed by atoms with Gasteiger partial charge < -0.3 is 0 Å². The van der Waals surface area contributed by atoms with Crippen LogP contribution in [0.25, 0.3) is 0 Å². The molecule has 0 unspecified atom stereocenters. The van der Waals surface area contributed by atoms with E-state index in [2.05, 4.69) is 18.8 Å². The minimum atomic E-state index is 0.561. The van der Waals surface area contributed by atoms with E-state index in [0.29, 0.717) is 5.92 Å². The number of hydrogen-bond acceptors (Lipinski definition) is 1. The highest BCUT2D eigenvalue weighted by molar-refractivity contribution is 5.60. The lowest BCUT2D eigenvalue weighted by atomic mass is 10.3. The van der Waals surface area contributed by atoms with Gasteiger partial charge in [0.2, 0.25) is 0 Å². The molecule has 0 radical (unpaired) electrons. The molecular formula is C9H19N. The summed E-state index contributed by atoms with van der Waals surface area (Å²) in [7, 11) is 0. The summed E-state index contributed by atoms with van der Waals surface area (Å²) < 4.78 is 0. The van der Waals surface area contributed by atoms with Crippen LogP contribution < -0.4 is 0 Å². The highest BCUT2D eigenvalue weighted by atomic mass is 14.7. The van der Waals surface area contributed by atoms with Crippen LogP contribution in [0.2, 0.25) is 0 Å². The van der Waals surface area contributed by atoms with E-state index in [0.717, 1.165) is 0 Å². The second-order valence-electron chi connectivity index (χ2n) is 2.02. The van der Waals surface area contributed by atoms with E-state index in [4.69, 9.17) is 0 Å². The smallest absolute Gasteiger partial charge is 0.0221 e. The van der Waals surface area contributed by atoms with Gasteiger partial charge in [0, 0.05) is 12.4 Å². The molecule has 10 heavy (non-hydrogen) atoms. The van der Waals surface area contributed by atoms with Gasteiger partial charge in [-0.25, -0.2) is 0 Å². The fraction of sp³-hybridized carbons (Fsp3) is 0.667. The molecule has 0 bridgehead atoms. The summed E-state index contributed by atoms with van der Waals surface area (Å²) in [5.74, 6) is 0.561. The van der Waals surface area contributed by atoms with Crippen molar-refractivity contribution in [1.82, 2.24) is 0 Å². The van der Waals surface area contributed by atoms with Gasteiger partial charge in [-0.3, -0.25) is 4.99 Å². The van der Waals surface area contributed by atoms with Crippen molar-refractivity contribution in [2.45, 2.75) is 34.6 Å². The molecule has 0 rings (SSSR count). The van der Waals surface area contributed by atoms with Crippen molar-refractivity contribution in [3.8, 4) is 0 Å². The van der Waals surface area contributed by atoms with Crippen LogP contribution in [0.1, 0.15) is 34.6 Å². The highest BCUT2D eigenvalue weighted by Gasteiger charge is 1.79. The summed E-state index contributed by atoms with van der Waals surface area (Å²) >= 11 is 0. The Morgan fingerprint density at radius 3 is 2.00 bits per heavy atom. The molecule has 0 N–H and O–H groups in total. The summed E-state index contributed by atoms with van der Waals surface area (Å²) in [6.07, 6.45) is 5.62. The molecule has 0 aromatic heterocycles. The SMILES string of the molecule is C/C=C\N=CC(C)C.CC. The summed E-state index contributed by atoms with van der Waals surface area (Å²) in [6, 6.07) is 0. The summed E-state index contributed by atoms with van der Waals surface area (Å²) in [5, 5.41) is 0. The first-order valence-electron chi connectivity index (χ1n) is 3.92. The maximum absolute atomic E-state index is 3.98. The van der Waals surface area contributed by atoms with Crippen LogP contribution in [0.3, 0.4) is 0 Å². The molecule has 0 amide bonds. The maximum Gasteiger partial charge on any atom is 0.0221 e. The Bertz CT molecular complexity index is 90.9. The van der Waals surface area contributed by atoms with E-state index < -0.39 is 0 Å². The van der Waals surface area contributed by atoms with Crippen LogP contribution in [0, 0.1) is 5.92 Å². The quantitative estimate of drug-likeness (QED) is 0.523. The molecule has 0 aliphatic carbocycles. The fourth-order valence-corrected chi connectivity index (χ4v) is 0.308. The van der Waals surface area contributed by atoms with E-state index in [9.17, 15) is 0 Å². The number of hydrogen-bond donors (Lipinski definition) is 0. The molecule has 0 saturated heterocycles. The third kappa shape index (κ3) is 15.7. The van der Waals surface area contributed by atoms with Gasteiger partial charge in [-0.15, -0.1) is 0 Å². The van der Waals surface area contributed by atoms with Crippen LogP contribution in [-0.4, -0.2) is 6.21 Å². The Kier molecular flexibility index (Phi) is 13.6. The fourth-order valence-electron chi connectivity index (χ4n) is 0.308.